The molecule has 3 N–H and O–H groups in total. The quantitative estimate of drug-likeness (QED) is 0.102. The molecule has 45 heavy (non-hydrogen) atoms. The second-order valence-electron chi connectivity index (χ2n) is 10.5. The van der Waals surface area contributed by atoms with Gasteiger partial charge in [-0.05, 0) is 72.1 Å². The lowest BCUT2D eigenvalue weighted by molar-refractivity contribution is -0.130. The molecule has 2 atom stereocenters. The molecule has 0 spiro atoms. The highest BCUT2D eigenvalue weighted by atomic mass is 79.9. The van der Waals surface area contributed by atoms with Gasteiger partial charge in [0.25, 0.3) is 5.91 Å². The molecule has 1 aliphatic rings. The molecule has 0 aromatic heterocycles. The molecule has 1 amide bonds. The van der Waals surface area contributed by atoms with Gasteiger partial charge in [-0.3, -0.25) is 10.2 Å². The van der Waals surface area contributed by atoms with E-state index in [0.29, 0.717) is 52.9 Å². The van der Waals surface area contributed by atoms with E-state index >= 15 is 0 Å². The van der Waals surface area contributed by atoms with Gasteiger partial charge >= 0.3 is 0 Å². The van der Waals surface area contributed by atoms with Crippen molar-refractivity contribution in [1.82, 2.24) is 10.9 Å². The highest BCUT2D eigenvalue weighted by Crippen LogP contribution is 2.45. The number of halogens is 4. The molecule has 0 radical (unpaired) electrons. The summed E-state index contributed by atoms with van der Waals surface area (Å²) in [6.45, 7) is 0.817. The monoisotopic (exact) mass is 713 g/mol. The molecule has 0 saturated heterocycles. The second-order valence-corrected chi connectivity index (χ2v) is 12.2. The van der Waals surface area contributed by atoms with Gasteiger partial charge in [0.2, 0.25) is 5.90 Å². The molecular weight excluding hydrogens is 684 g/mol. The van der Waals surface area contributed by atoms with Gasteiger partial charge in [0.1, 0.15) is 11.6 Å². The third kappa shape index (κ3) is 8.04. The molecular formula is C34H31BrCl2FN3O4. The first-order valence-electron chi connectivity index (χ1n) is 14.4. The van der Waals surface area contributed by atoms with E-state index in [0.717, 1.165) is 15.6 Å². The summed E-state index contributed by atoms with van der Waals surface area (Å²) in [6, 6.07) is 26.1. The van der Waals surface area contributed by atoms with Crippen molar-refractivity contribution in [3.63, 3.8) is 0 Å². The number of hydrogen-bond donors (Lipinski definition) is 3. The van der Waals surface area contributed by atoms with Crippen molar-refractivity contribution < 1.29 is 23.8 Å². The Labute approximate surface area is 279 Å². The molecule has 0 saturated carbocycles. The molecule has 1 aliphatic heterocycles. The smallest absolute Gasteiger partial charge is 0.266 e. The lowest BCUT2D eigenvalue weighted by Gasteiger charge is -2.31. The topological polar surface area (TPSA) is 92.2 Å². The number of hydrazine groups is 1. The molecule has 11 heteroatoms. The van der Waals surface area contributed by atoms with Crippen LogP contribution >= 0.6 is 39.1 Å². The molecule has 0 unspecified atom stereocenters. The summed E-state index contributed by atoms with van der Waals surface area (Å²) in [4.78, 5) is 19.4. The number of nitrogens with one attached hydrogen (secondary N) is 2. The van der Waals surface area contributed by atoms with Crippen LogP contribution in [0.4, 0.5) is 4.39 Å². The maximum Gasteiger partial charge on any atom is 0.266 e. The number of benzene rings is 4. The molecule has 4 aromatic carbocycles. The average molecular weight is 715 g/mol. The zero-order valence-corrected chi connectivity index (χ0v) is 27.2. The number of hydrogen-bond acceptors (Lipinski definition) is 6. The number of aliphatic hydroxyl groups excluding tert-OH is 1. The van der Waals surface area contributed by atoms with Gasteiger partial charge < -0.3 is 14.6 Å². The molecule has 7 nitrogen and oxygen atoms in total. The molecule has 0 bridgehead atoms. The molecule has 1 heterocycles. The fourth-order valence-electron chi connectivity index (χ4n) is 5.01. The van der Waals surface area contributed by atoms with E-state index in [9.17, 15) is 9.18 Å². The van der Waals surface area contributed by atoms with Crippen molar-refractivity contribution in [1.29, 1.82) is 0 Å². The predicted molar refractivity (Wildman–Crippen MR) is 177 cm³/mol. The van der Waals surface area contributed by atoms with Crippen LogP contribution < -0.4 is 15.6 Å². The van der Waals surface area contributed by atoms with E-state index in [1.807, 2.05) is 24.3 Å². The van der Waals surface area contributed by atoms with E-state index in [4.69, 9.17) is 42.8 Å². The summed E-state index contributed by atoms with van der Waals surface area (Å²) in [5.74, 6) is 0.166. The van der Waals surface area contributed by atoms with E-state index < -0.39 is 17.6 Å². The minimum absolute atomic E-state index is 0.0418. The number of nitrogens with zero attached hydrogens (tertiary/aromatic N) is 1. The lowest BCUT2D eigenvalue weighted by atomic mass is 9.82. The van der Waals surface area contributed by atoms with Crippen LogP contribution in [0.5, 0.6) is 5.75 Å². The summed E-state index contributed by atoms with van der Waals surface area (Å²) in [5, 5.41) is 9.84. The first kappa shape index (κ1) is 32.9. The number of amides is 1. The number of carbonyl (C=O) groups is 1. The van der Waals surface area contributed by atoms with Gasteiger partial charge in [-0.25, -0.2) is 14.8 Å². The summed E-state index contributed by atoms with van der Waals surface area (Å²) >= 11 is 16.6. The Bertz CT molecular complexity index is 1660. The Kier molecular flexibility index (Phi) is 11.1. The van der Waals surface area contributed by atoms with Gasteiger partial charge in [0.05, 0.1) is 6.61 Å². The summed E-state index contributed by atoms with van der Waals surface area (Å²) < 4.78 is 26.4. The maximum absolute atomic E-state index is 14.3. The highest BCUT2D eigenvalue weighted by Gasteiger charge is 2.54. The molecule has 0 aliphatic carbocycles. The van der Waals surface area contributed by atoms with E-state index in [2.05, 4.69) is 26.8 Å². The average Bonchev–Trinajstić information content (AvgIpc) is 3.42. The van der Waals surface area contributed by atoms with Crippen molar-refractivity contribution in [2.75, 3.05) is 19.8 Å². The zero-order chi connectivity index (χ0) is 31.8. The standard InChI is InChI=1S/C34H31BrCl2FN3O4/c35-29-5-2-1-4-24(29)21-34(33(43)41-39-17-16-22-6-11-26(38)12-7-22)31(28-15-10-25(36)20-30(28)37)45-32(40-34)23-8-13-27(14-9-23)44-19-3-18-42/h1-2,4-15,20,31,39,42H,3,16-19,21H2,(H,41,43)/t31-,34-/m0/s1. The summed E-state index contributed by atoms with van der Waals surface area (Å²) in [7, 11) is 0. The van der Waals surface area contributed by atoms with Crippen LogP contribution in [0.2, 0.25) is 10.0 Å². The van der Waals surface area contributed by atoms with Crippen molar-refractivity contribution in [2.45, 2.75) is 30.9 Å². The van der Waals surface area contributed by atoms with Crippen molar-refractivity contribution in [3.8, 4) is 5.75 Å². The van der Waals surface area contributed by atoms with E-state index in [-0.39, 0.29) is 24.7 Å². The van der Waals surface area contributed by atoms with E-state index in [1.54, 1.807) is 54.6 Å². The van der Waals surface area contributed by atoms with Gasteiger partial charge in [-0.2, -0.15) is 0 Å². The normalized spacial score (nSPS) is 17.4. The van der Waals surface area contributed by atoms with Crippen LogP contribution in [0, 0.1) is 5.82 Å². The van der Waals surface area contributed by atoms with Crippen molar-refractivity contribution >= 4 is 50.9 Å². The molecule has 234 valence electrons. The van der Waals surface area contributed by atoms with E-state index in [1.165, 1.54) is 12.1 Å². The van der Waals surface area contributed by atoms with Gasteiger partial charge in [-0.15, -0.1) is 0 Å². The van der Waals surface area contributed by atoms with Crippen LogP contribution in [0.15, 0.2) is 100 Å². The Morgan fingerprint density at radius 3 is 2.51 bits per heavy atom. The minimum atomic E-state index is -1.49. The fraction of sp³-hybridized carbons (Fsp3) is 0.235. The van der Waals surface area contributed by atoms with Crippen LogP contribution in [0.3, 0.4) is 0 Å². The van der Waals surface area contributed by atoms with Crippen LogP contribution in [-0.2, 0) is 22.4 Å². The second kappa shape index (κ2) is 15.2. The predicted octanol–water partition coefficient (Wildman–Crippen LogP) is 7.02. The van der Waals surface area contributed by atoms with Gasteiger partial charge in [-0.1, -0.05) is 75.5 Å². The summed E-state index contributed by atoms with van der Waals surface area (Å²) in [6.07, 6.45) is 0.340. The third-order valence-electron chi connectivity index (χ3n) is 7.35. The third-order valence-corrected chi connectivity index (χ3v) is 8.68. The maximum atomic E-state index is 14.3. The Balaban J connectivity index is 1.50. The van der Waals surface area contributed by atoms with Crippen molar-refractivity contribution in [2.24, 2.45) is 4.99 Å². The lowest BCUT2D eigenvalue weighted by Crippen LogP contribution is -2.54. The number of ether oxygens (including phenoxy) is 2. The molecule has 5 rings (SSSR count). The first-order chi connectivity index (χ1) is 21.8. The molecule has 0 fully saturated rings. The largest absolute Gasteiger partial charge is 0.494 e. The Morgan fingerprint density at radius 1 is 1.04 bits per heavy atom. The van der Waals surface area contributed by atoms with Crippen LogP contribution in [0.1, 0.15) is 34.8 Å². The SMILES string of the molecule is O=C(NNCCc1ccc(F)cc1)[C@@]1(Cc2ccccc2Br)N=C(c2ccc(OCCCO)cc2)O[C@H]1c1ccc(Cl)cc1Cl. The summed E-state index contributed by atoms with van der Waals surface area (Å²) in [5.41, 5.74) is 7.33. The Morgan fingerprint density at radius 2 is 1.80 bits per heavy atom. The zero-order valence-electron chi connectivity index (χ0n) is 24.1. The number of aliphatic hydroxyl groups is 1. The van der Waals surface area contributed by atoms with Crippen molar-refractivity contribution in [3.05, 3.63) is 134 Å². The highest BCUT2D eigenvalue weighted by molar-refractivity contribution is 9.10. The molecule has 4 aromatic rings. The minimum Gasteiger partial charge on any atom is -0.494 e. The number of carbonyl (C=O) groups excluding carboxylic acids is 1. The first-order valence-corrected chi connectivity index (χ1v) is 15.9. The Hall–Kier alpha value is -3.47. The fourth-order valence-corrected chi connectivity index (χ4v) is 5.95. The number of rotatable bonds is 13. The number of aliphatic imine (C=N–C) groups is 1. The van der Waals surface area contributed by atoms with Crippen LogP contribution in [-0.4, -0.2) is 42.2 Å². The van der Waals surface area contributed by atoms with Gasteiger partial charge in [0, 0.05) is 51.6 Å². The van der Waals surface area contributed by atoms with Crippen LogP contribution in [0.25, 0.3) is 0 Å². The van der Waals surface area contributed by atoms with Gasteiger partial charge in [0.15, 0.2) is 11.6 Å².